The number of amides is 1. The zero-order chi connectivity index (χ0) is 22.6. The largest absolute Gasteiger partial charge is 0.496 e. The van der Waals surface area contributed by atoms with Gasteiger partial charge in [-0.1, -0.05) is 24.3 Å². The number of rotatable bonds is 8. The van der Waals surface area contributed by atoms with E-state index in [0.717, 1.165) is 23.2 Å². The van der Waals surface area contributed by atoms with E-state index in [0.29, 0.717) is 43.9 Å². The Morgan fingerprint density at radius 3 is 2.72 bits per heavy atom. The number of ether oxygens (including phenoxy) is 2. The number of aromatic nitrogens is 2. The van der Waals surface area contributed by atoms with Gasteiger partial charge >= 0.3 is 0 Å². The van der Waals surface area contributed by atoms with Crippen LogP contribution in [0.15, 0.2) is 54.7 Å². The van der Waals surface area contributed by atoms with Crippen LogP contribution in [0.5, 0.6) is 5.75 Å². The number of hydrogen-bond acceptors (Lipinski definition) is 4. The molecule has 0 saturated carbocycles. The van der Waals surface area contributed by atoms with Crippen LogP contribution in [-0.2, 0) is 22.5 Å². The van der Waals surface area contributed by atoms with Gasteiger partial charge in [-0.15, -0.1) is 0 Å². The molecular weight excluding hydrogens is 409 g/mol. The number of benzene rings is 2. The fourth-order valence-electron chi connectivity index (χ4n) is 4.17. The van der Waals surface area contributed by atoms with Crippen molar-refractivity contribution >= 4 is 5.91 Å². The smallest absolute Gasteiger partial charge is 0.252 e. The fourth-order valence-corrected chi connectivity index (χ4v) is 4.17. The predicted molar refractivity (Wildman–Crippen MR) is 120 cm³/mol. The Labute approximate surface area is 187 Å². The first-order chi connectivity index (χ1) is 15.5. The van der Waals surface area contributed by atoms with Gasteiger partial charge in [0.15, 0.2) is 5.60 Å². The molecule has 1 aliphatic heterocycles. The van der Waals surface area contributed by atoms with Gasteiger partial charge in [0.25, 0.3) is 5.91 Å². The maximum atomic E-state index is 13.7. The summed E-state index contributed by atoms with van der Waals surface area (Å²) in [5.74, 6) is 0.210. The molecule has 2 heterocycles. The van der Waals surface area contributed by atoms with Crippen molar-refractivity contribution in [3.05, 3.63) is 71.8 Å². The third-order valence-corrected chi connectivity index (χ3v) is 5.83. The Balaban J connectivity index is 1.44. The van der Waals surface area contributed by atoms with E-state index in [1.54, 1.807) is 13.2 Å². The van der Waals surface area contributed by atoms with E-state index in [2.05, 4.69) is 10.4 Å². The molecule has 1 N–H and O–H groups in total. The van der Waals surface area contributed by atoms with Crippen molar-refractivity contribution in [3.63, 3.8) is 0 Å². The van der Waals surface area contributed by atoms with Crippen LogP contribution in [0.25, 0.3) is 11.1 Å². The van der Waals surface area contributed by atoms with Gasteiger partial charge in [0, 0.05) is 31.3 Å². The van der Waals surface area contributed by atoms with Gasteiger partial charge in [-0.3, -0.25) is 9.48 Å². The summed E-state index contributed by atoms with van der Waals surface area (Å²) < 4.78 is 26.9. The van der Waals surface area contributed by atoms with Crippen molar-refractivity contribution < 1.29 is 18.7 Å². The maximum Gasteiger partial charge on any atom is 0.252 e. The van der Waals surface area contributed by atoms with Crippen molar-refractivity contribution in [1.82, 2.24) is 15.1 Å². The minimum atomic E-state index is -0.863. The first kappa shape index (κ1) is 22.0. The Bertz CT molecular complexity index is 1070. The van der Waals surface area contributed by atoms with Crippen LogP contribution in [0.2, 0.25) is 0 Å². The van der Waals surface area contributed by atoms with Crippen molar-refractivity contribution in [3.8, 4) is 16.9 Å². The quantitative estimate of drug-likeness (QED) is 0.580. The van der Waals surface area contributed by atoms with Crippen LogP contribution >= 0.6 is 0 Å². The monoisotopic (exact) mass is 437 g/mol. The molecule has 32 heavy (non-hydrogen) atoms. The average Bonchev–Trinajstić information content (AvgIpc) is 3.44. The van der Waals surface area contributed by atoms with E-state index in [4.69, 9.17) is 9.47 Å². The summed E-state index contributed by atoms with van der Waals surface area (Å²) in [6.07, 6.45) is 3.92. The zero-order valence-corrected chi connectivity index (χ0v) is 18.4. The van der Waals surface area contributed by atoms with Crippen LogP contribution in [0, 0.1) is 12.7 Å². The van der Waals surface area contributed by atoms with E-state index in [1.807, 2.05) is 48.1 Å². The highest BCUT2D eigenvalue weighted by molar-refractivity contribution is 5.86. The molecule has 1 atom stereocenters. The molecular formula is C25H28FN3O3. The van der Waals surface area contributed by atoms with Crippen molar-refractivity contribution in [2.45, 2.75) is 38.3 Å². The summed E-state index contributed by atoms with van der Waals surface area (Å²) in [6, 6.07) is 14.2. The van der Waals surface area contributed by atoms with E-state index in [-0.39, 0.29) is 11.7 Å². The molecule has 1 aromatic heterocycles. The Morgan fingerprint density at radius 2 is 2.06 bits per heavy atom. The van der Waals surface area contributed by atoms with Crippen LogP contribution in [0.3, 0.4) is 0 Å². The molecule has 6 nitrogen and oxygen atoms in total. The van der Waals surface area contributed by atoms with Crippen molar-refractivity contribution in [1.29, 1.82) is 0 Å². The number of nitrogens with one attached hydrogen (secondary N) is 1. The van der Waals surface area contributed by atoms with Crippen LogP contribution in [0.4, 0.5) is 4.39 Å². The predicted octanol–water partition coefficient (Wildman–Crippen LogP) is 3.91. The lowest BCUT2D eigenvalue weighted by atomic mass is 9.89. The summed E-state index contributed by atoms with van der Waals surface area (Å²) in [4.78, 5) is 13.1. The van der Waals surface area contributed by atoms with Gasteiger partial charge < -0.3 is 14.8 Å². The second kappa shape index (κ2) is 9.53. The Morgan fingerprint density at radius 1 is 1.25 bits per heavy atom. The fraction of sp³-hybridized carbons (Fsp3) is 0.360. The number of methoxy groups -OCH3 is 1. The normalized spacial score (nSPS) is 18.0. The van der Waals surface area contributed by atoms with Crippen LogP contribution in [0.1, 0.15) is 24.1 Å². The van der Waals surface area contributed by atoms with Crippen molar-refractivity contribution in [2.24, 2.45) is 0 Å². The van der Waals surface area contributed by atoms with Gasteiger partial charge in [0.1, 0.15) is 11.6 Å². The molecule has 0 unspecified atom stereocenters. The molecule has 0 aliphatic carbocycles. The first-order valence-electron chi connectivity index (χ1n) is 10.8. The lowest BCUT2D eigenvalue weighted by Gasteiger charge is -2.27. The lowest BCUT2D eigenvalue weighted by molar-refractivity contribution is -0.141. The molecule has 1 aliphatic rings. The molecule has 0 bridgehead atoms. The SMILES string of the molecule is COc1ccc(F)cc1-c1ccc(C[C@]2(C(=O)NCCn3ccc(C)n3)CCCO2)cc1. The molecule has 1 saturated heterocycles. The Hall–Kier alpha value is -3.19. The second-order valence-corrected chi connectivity index (χ2v) is 8.14. The lowest BCUT2D eigenvalue weighted by Crippen LogP contribution is -2.48. The van der Waals surface area contributed by atoms with E-state index in [1.165, 1.54) is 12.1 Å². The highest BCUT2D eigenvalue weighted by Crippen LogP contribution is 2.33. The van der Waals surface area contributed by atoms with Crippen molar-refractivity contribution in [2.75, 3.05) is 20.3 Å². The van der Waals surface area contributed by atoms with Crippen LogP contribution in [-0.4, -0.2) is 41.6 Å². The summed E-state index contributed by atoms with van der Waals surface area (Å²) in [5, 5.41) is 7.36. The molecule has 2 aromatic carbocycles. The standard InChI is InChI=1S/C25H28FN3O3/c1-18-10-13-29(28-18)14-12-27-24(30)25(11-3-15-32-25)17-19-4-6-20(7-5-19)22-16-21(26)8-9-23(22)31-2/h4-10,13,16H,3,11-12,14-15,17H2,1-2H3,(H,27,30)/t25-/m0/s1. The van der Waals surface area contributed by atoms with Gasteiger partial charge in [-0.05, 0) is 55.2 Å². The summed E-state index contributed by atoms with van der Waals surface area (Å²) in [6.45, 7) is 3.61. The van der Waals surface area contributed by atoms with Gasteiger partial charge in [0.2, 0.25) is 0 Å². The molecule has 168 valence electrons. The topological polar surface area (TPSA) is 65.4 Å². The molecule has 1 fully saturated rings. The third-order valence-electron chi connectivity index (χ3n) is 5.83. The van der Waals surface area contributed by atoms with Gasteiger partial charge in [-0.25, -0.2) is 4.39 Å². The number of carbonyl (C=O) groups is 1. The minimum Gasteiger partial charge on any atom is -0.496 e. The highest BCUT2D eigenvalue weighted by Gasteiger charge is 2.42. The maximum absolute atomic E-state index is 13.7. The molecule has 7 heteroatoms. The zero-order valence-electron chi connectivity index (χ0n) is 18.4. The number of halogens is 1. The minimum absolute atomic E-state index is 0.0882. The number of hydrogen-bond donors (Lipinski definition) is 1. The van der Waals surface area contributed by atoms with Crippen LogP contribution < -0.4 is 10.1 Å². The number of aryl methyl sites for hydroxylation is 1. The van der Waals surface area contributed by atoms with E-state index < -0.39 is 5.60 Å². The van der Waals surface area contributed by atoms with Gasteiger partial charge in [0.05, 0.1) is 19.3 Å². The molecule has 0 radical (unpaired) electrons. The summed E-state index contributed by atoms with van der Waals surface area (Å²) >= 11 is 0. The Kier molecular flexibility index (Phi) is 6.55. The highest BCUT2D eigenvalue weighted by atomic mass is 19.1. The third kappa shape index (κ3) is 4.83. The summed E-state index contributed by atoms with van der Waals surface area (Å²) in [7, 11) is 1.57. The molecule has 1 amide bonds. The van der Waals surface area contributed by atoms with Gasteiger partial charge in [-0.2, -0.15) is 5.10 Å². The summed E-state index contributed by atoms with van der Waals surface area (Å²) in [5.41, 5.74) is 2.62. The molecule has 4 rings (SSSR count). The second-order valence-electron chi connectivity index (χ2n) is 8.14. The molecule has 0 spiro atoms. The van der Waals surface area contributed by atoms with E-state index in [9.17, 15) is 9.18 Å². The first-order valence-corrected chi connectivity index (χ1v) is 10.8. The average molecular weight is 438 g/mol. The number of carbonyl (C=O) groups excluding carboxylic acids is 1. The molecule has 3 aromatic rings. The van der Waals surface area contributed by atoms with E-state index >= 15 is 0 Å². The number of nitrogens with zero attached hydrogens (tertiary/aromatic N) is 2.